The Bertz CT molecular complexity index is 2120. The summed E-state index contributed by atoms with van der Waals surface area (Å²) < 4.78 is 31.6. The minimum Gasteiger partial charge on any atom is -0.305 e. The van der Waals surface area contributed by atoms with E-state index in [1.165, 1.54) is 47.4 Å². The molecule has 15 heteroatoms. The molecule has 4 heterocycles. The van der Waals surface area contributed by atoms with Gasteiger partial charge in [-0.1, -0.05) is 12.1 Å². The zero-order chi connectivity index (χ0) is 32.0. The summed E-state index contributed by atoms with van der Waals surface area (Å²) in [5.41, 5.74) is -1.10. The third-order valence-electron chi connectivity index (χ3n) is 7.19. The fraction of sp³-hybridized carbons (Fsp3) is 0.167. The Morgan fingerprint density at radius 1 is 0.956 bits per heavy atom. The molecular weight excluding hydrogens is 608 g/mol. The number of nitro groups is 1. The van der Waals surface area contributed by atoms with Crippen molar-refractivity contribution in [2.75, 3.05) is 19.0 Å². The van der Waals surface area contributed by atoms with Crippen LogP contribution in [0.5, 0.6) is 0 Å². The van der Waals surface area contributed by atoms with Crippen molar-refractivity contribution in [1.29, 1.82) is 0 Å². The molecule has 0 saturated carbocycles. The molecule has 6 rings (SSSR count). The molecule has 1 aliphatic rings. The van der Waals surface area contributed by atoms with Gasteiger partial charge in [0.25, 0.3) is 11.2 Å². The number of anilines is 1. The van der Waals surface area contributed by atoms with Crippen LogP contribution >= 0.6 is 11.3 Å². The van der Waals surface area contributed by atoms with Gasteiger partial charge in [-0.15, -0.1) is 21.5 Å². The summed E-state index contributed by atoms with van der Waals surface area (Å²) in [5, 5.41) is 19.5. The van der Waals surface area contributed by atoms with E-state index < -0.39 is 34.4 Å². The first-order valence-electron chi connectivity index (χ1n) is 13.5. The van der Waals surface area contributed by atoms with E-state index in [9.17, 15) is 33.3 Å². The molecular formula is C30H23F2N7O5S. The number of rotatable bonds is 8. The number of benzene rings is 2. The largest absolute Gasteiger partial charge is 0.338 e. The first-order chi connectivity index (χ1) is 21.5. The van der Waals surface area contributed by atoms with Crippen molar-refractivity contribution < 1.29 is 18.5 Å². The van der Waals surface area contributed by atoms with Crippen LogP contribution in [0.2, 0.25) is 0 Å². The van der Waals surface area contributed by atoms with E-state index in [2.05, 4.69) is 10.2 Å². The molecule has 0 radical (unpaired) electrons. The van der Waals surface area contributed by atoms with Gasteiger partial charge >= 0.3 is 5.69 Å². The number of fused-ring (bicyclic) bond motifs is 1. The maximum absolute atomic E-state index is 14.9. The second-order valence-corrected chi connectivity index (χ2v) is 11.4. The molecule has 5 aromatic rings. The summed E-state index contributed by atoms with van der Waals surface area (Å²) in [6.07, 6.45) is 3.39. The van der Waals surface area contributed by atoms with E-state index in [4.69, 9.17) is 0 Å². The molecule has 1 aliphatic heterocycles. The summed E-state index contributed by atoms with van der Waals surface area (Å²) in [4.78, 5) is 55.0. The number of halogens is 2. The average Bonchev–Trinajstić information content (AvgIpc) is 3.60. The first kappa shape index (κ1) is 29.7. The Hall–Kier alpha value is -5.41. The molecule has 45 heavy (non-hydrogen) atoms. The number of hydrogen-bond acceptors (Lipinski definition) is 9. The Balaban J connectivity index is 1.63. The molecule has 0 aliphatic carbocycles. The first-order valence-corrected chi connectivity index (χ1v) is 14.3. The third-order valence-corrected chi connectivity index (χ3v) is 8.50. The van der Waals surface area contributed by atoms with Gasteiger partial charge in [-0.3, -0.25) is 29.2 Å². The summed E-state index contributed by atoms with van der Waals surface area (Å²) in [5.74, 6) is -1.95. The highest BCUT2D eigenvalue weighted by Crippen LogP contribution is 2.38. The minimum absolute atomic E-state index is 0.113. The summed E-state index contributed by atoms with van der Waals surface area (Å²) in [6.45, 7) is -0.323. The lowest BCUT2D eigenvalue weighted by Gasteiger charge is -2.15. The predicted octanol–water partition coefficient (Wildman–Crippen LogP) is 4.22. The van der Waals surface area contributed by atoms with Crippen LogP contribution in [0.25, 0.3) is 26.5 Å². The molecule has 228 valence electrons. The van der Waals surface area contributed by atoms with Crippen molar-refractivity contribution in [2.45, 2.75) is 19.5 Å². The molecule has 0 unspecified atom stereocenters. The van der Waals surface area contributed by atoms with Gasteiger partial charge in [-0.25, -0.2) is 18.1 Å². The number of nitro benzene ring substituents is 1. The highest BCUT2D eigenvalue weighted by molar-refractivity contribution is 7.22. The number of hydrogen-bond donors (Lipinski definition) is 0. The van der Waals surface area contributed by atoms with Gasteiger partial charge in [0.1, 0.15) is 16.5 Å². The van der Waals surface area contributed by atoms with E-state index in [-0.39, 0.29) is 52.0 Å². The lowest BCUT2D eigenvalue weighted by Crippen LogP contribution is -2.40. The Morgan fingerprint density at radius 3 is 2.20 bits per heavy atom. The monoisotopic (exact) mass is 631 g/mol. The smallest absolute Gasteiger partial charge is 0.305 e. The highest BCUT2D eigenvalue weighted by atomic mass is 32.1. The van der Waals surface area contributed by atoms with Crippen molar-refractivity contribution in [3.8, 4) is 16.3 Å². The molecule has 12 nitrogen and oxygen atoms in total. The van der Waals surface area contributed by atoms with Gasteiger partial charge in [-0.2, -0.15) is 0 Å². The van der Waals surface area contributed by atoms with Crippen LogP contribution in [0.3, 0.4) is 0 Å². The average molecular weight is 632 g/mol. The molecule has 0 bridgehead atoms. The maximum atomic E-state index is 14.9. The number of thiophene rings is 1. The van der Waals surface area contributed by atoms with E-state index in [1.54, 1.807) is 31.3 Å². The van der Waals surface area contributed by atoms with Crippen LogP contribution in [0.15, 0.2) is 76.5 Å². The van der Waals surface area contributed by atoms with Crippen LogP contribution < -0.4 is 16.1 Å². The van der Waals surface area contributed by atoms with Gasteiger partial charge in [0.2, 0.25) is 5.91 Å². The van der Waals surface area contributed by atoms with Crippen LogP contribution in [0, 0.1) is 21.7 Å². The SMILES string of the molecule is CN(C)Cc1c(-c2ccc([N+](=O)[O-])cc2)sc2c1c(=O)n(-c1ccc(N3C=CCC3=O)nn1)c(=O)n2Cc1c(F)cccc1F. The van der Waals surface area contributed by atoms with E-state index in [0.29, 0.717) is 16.0 Å². The number of carbonyl (C=O) groups excluding carboxylic acids is 1. The lowest BCUT2D eigenvalue weighted by molar-refractivity contribution is -0.384. The van der Waals surface area contributed by atoms with Crippen LogP contribution in [0.1, 0.15) is 17.5 Å². The molecule has 0 atom stereocenters. The number of carbonyl (C=O) groups is 1. The quantitative estimate of drug-likeness (QED) is 0.184. The number of aromatic nitrogens is 4. The molecule has 1 amide bonds. The summed E-state index contributed by atoms with van der Waals surface area (Å²) >= 11 is 1.06. The van der Waals surface area contributed by atoms with Gasteiger partial charge in [-0.05, 0) is 61.6 Å². The Kier molecular flexibility index (Phi) is 7.64. The third kappa shape index (κ3) is 5.32. The standard InChI is InChI=1S/C30H23F2N7O5S/c1-35(2)15-20-26-28(41)38(24-13-12-23(33-34-24)36-14-4-7-25(36)40)30(42)37(16-19-21(31)5-3-6-22(19)32)29(26)45-27(20)17-8-10-18(11-9-17)39(43)44/h3-6,8-14H,7,15-16H2,1-2H3. The van der Waals surface area contributed by atoms with E-state index in [0.717, 1.165) is 32.6 Å². The molecule has 0 N–H and O–H groups in total. The second-order valence-electron chi connectivity index (χ2n) is 10.4. The number of amides is 1. The van der Waals surface area contributed by atoms with Crippen LogP contribution in [-0.4, -0.2) is 49.2 Å². The number of nitrogens with zero attached hydrogens (tertiary/aromatic N) is 7. The normalized spacial score (nSPS) is 13.0. The highest BCUT2D eigenvalue weighted by Gasteiger charge is 2.26. The van der Waals surface area contributed by atoms with E-state index in [1.807, 2.05) is 0 Å². The topological polar surface area (TPSA) is 136 Å². The fourth-order valence-corrected chi connectivity index (χ4v) is 6.40. The van der Waals surface area contributed by atoms with Gasteiger partial charge in [0.05, 0.1) is 16.9 Å². The molecule has 2 aromatic carbocycles. The molecule has 0 spiro atoms. The number of non-ortho nitro benzene ring substituents is 1. The van der Waals surface area contributed by atoms with Crippen LogP contribution in [0.4, 0.5) is 20.3 Å². The Labute approximate surface area is 256 Å². The van der Waals surface area contributed by atoms with Crippen LogP contribution in [-0.2, 0) is 17.9 Å². The van der Waals surface area contributed by atoms with Gasteiger partial charge in [0, 0.05) is 41.7 Å². The van der Waals surface area contributed by atoms with E-state index >= 15 is 0 Å². The lowest BCUT2D eigenvalue weighted by atomic mass is 10.1. The summed E-state index contributed by atoms with van der Waals surface area (Å²) in [7, 11) is 3.56. The van der Waals surface area contributed by atoms with Crippen molar-refractivity contribution in [1.82, 2.24) is 24.2 Å². The maximum Gasteiger partial charge on any atom is 0.338 e. The second kappa shape index (κ2) is 11.6. The molecule has 3 aromatic heterocycles. The van der Waals surface area contributed by atoms with Crippen molar-refractivity contribution in [3.05, 3.63) is 121 Å². The predicted molar refractivity (Wildman–Crippen MR) is 163 cm³/mol. The van der Waals surface area contributed by atoms with Crippen molar-refractivity contribution >= 4 is 39.0 Å². The fourth-order valence-electron chi connectivity index (χ4n) is 5.10. The summed E-state index contributed by atoms with van der Waals surface area (Å²) in [6, 6.07) is 11.9. The zero-order valence-corrected chi connectivity index (χ0v) is 24.6. The molecule has 0 saturated heterocycles. The molecule has 0 fully saturated rings. The zero-order valence-electron chi connectivity index (χ0n) is 23.8. The van der Waals surface area contributed by atoms with Crippen molar-refractivity contribution in [3.63, 3.8) is 0 Å². The van der Waals surface area contributed by atoms with Crippen molar-refractivity contribution in [2.24, 2.45) is 0 Å². The minimum atomic E-state index is -0.915. The van der Waals surface area contributed by atoms with Gasteiger partial charge in [0.15, 0.2) is 11.6 Å². The Morgan fingerprint density at radius 2 is 1.62 bits per heavy atom. The van der Waals surface area contributed by atoms with Gasteiger partial charge < -0.3 is 4.90 Å².